The summed E-state index contributed by atoms with van der Waals surface area (Å²) in [6.45, 7) is 13.7. The average Bonchev–Trinajstić information content (AvgIpc) is 2.43. The minimum absolute atomic E-state index is 0.156. The Kier molecular flexibility index (Phi) is 5.65. The molecule has 3 heteroatoms. The molecule has 3 nitrogen and oxygen atoms in total. The van der Waals surface area contributed by atoms with Gasteiger partial charge in [0.1, 0.15) is 0 Å². The average molecular weight is 305 g/mol. The smallest absolute Gasteiger partial charge is 0.0802 e. The van der Waals surface area contributed by atoms with E-state index in [2.05, 4.69) is 63.8 Å². The minimum atomic E-state index is -0.387. The van der Waals surface area contributed by atoms with Crippen LogP contribution in [0.3, 0.4) is 0 Å². The Hall–Kier alpha value is -0.900. The summed E-state index contributed by atoms with van der Waals surface area (Å²) in [5.41, 5.74) is 2.48. The largest absolute Gasteiger partial charge is 0.388 e. The molecule has 1 saturated heterocycles. The van der Waals surface area contributed by atoms with E-state index >= 15 is 0 Å². The molecule has 1 heterocycles. The van der Waals surface area contributed by atoms with Crippen LogP contribution in [0.5, 0.6) is 0 Å². The van der Waals surface area contributed by atoms with Crippen LogP contribution in [0.4, 0.5) is 0 Å². The van der Waals surface area contributed by atoms with E-state index in [4.69, 9.17) is 4.74 Å². The number of ether oxygens (including phenoxy) is 1. The van der Waals surface area contributed by atoms with Crippen molar-refractivity contribution in [2.75, 3.05) is 19.6 Å². The number of hydrogen-bond acceptors (Lipinski definition) is 3. The van der Waals surface area contributed by atoms with Crippen LogP contribution < -0.4 is 0 Å². The van der Waals surface area contributed by atoms with Crippen molar-refractivity contribution in [3.8, 4) is 0 Å². The molecule has 1 aliphatic heterocycles. The lowest BCUT2D eigenvalue weighted by molar-refractivity contribution is -0.0702. The Morgan fingerprint density at radius 3 is 2.18 bits per heavy atom. The van der Waals surface area contributed by atoms with Crippen molar-refractivity contribution in [3.63, 3.8) is 0 Å². The molecule has 0 saturated carbocycles. The van der Waals surface area contributed by atoms with Gasteiger partial charge in [0, 0.05) is 19.6 Å². The third-order valence-corrected chi connectivity index (χ3v) is 4.38. The quantitative estimate of drug-likeness (QED) is 0.924. The van der Waals surface area contributed by atoms with Gasteiger partial charge in [0.05, 0.1) is 18.3 Å². The highest BCUT2D eigenvalue weighted by molar-refractivity contribution is 5.28. The maximum Gasteiger partial charge on any atom is 0.0802 e. The molecule has 1 N–H and O–H groups in total. The molecule has 1 aromatic rings. The number of morpholine rings is 1. The van der Waals surface area contributed by atoms with E-state index in [0.717, 1.165) is 31.6 Å². The van der Waals surface area contributed by atoms with Gasteiger partial charge in [-0.25, -0.2) is 0 Å². The molecular formula is C19H31NO2. The van der Waals surface area contributed by atoms with Crippen LogP contribution in [0.15, 0.2) is 24.3 Å². The van der Waals surface area contributed by atoms with Gasteiger partial charge in [0.25, 0.3) is 0 Å². The maximum atomic E-state index is 10.4. The van der Waals surface area contributed by atoms with Crippen LogP contribution in [0, 0.1) is 0 Å². The lowest BCUT2D eigenvalue weighted by Crippen LogP contribution is -2.45. The molecule has 0 aliphatic carbocycles. The number of hydrogen-bond donors (Lipinski definition) is 1. The standard InChI is InChI=1S/C19H31NO2/c1-14-12-20(13-15(2)22-14)11-10-18(21)16-6-8-17(9-7-16)19(3,4)5/h6-9,14-15,18,21H,10-13H2,1-5H3. The fourth-order valence-electron chi connectivity index (χ4n) is 3.14. The zero-order chi connectivity index (χ0) is 16.3. The van der Waals surface area contributed by atoms with Crippen molar-refractivity contribution in [1.29, 1.82) is 0 Å². The third-order valence-electron chi connectivity index (χ3n) is 4.38. The predicted molar refractivity (Wildman–Crippen MR) is 91.2 cm³/mol. The Balaban J connectivity index is 1.88. The molecule has 0 bridgehead atoms. The summed E-state index contributed by atoms with van der Waals surface area (Å²) >= 11 is 0. The lowest BCUT2D eigenvalue weighted by Gasteiger charge is -2.35. The summed E-state index contributed by atoms with van der Waals surface area (Å²) in [4.78, 5) is 2.39. The summed E-state index contributed by atoms with van der Waals surface area (Å²) < 4.78 is 5.75. The molecule has 3 atom stereocenters. The van der Waals surface area contributed by atoms with E-state index in [-0.39, 0.29) is 23.7 Å². The zero-order valence-corrected chi connectivity index (χ0v) is 14.7. The number of rotatable bonds is 4. The molecule has 0 spiro atoms. The van der Waals surface area contributed by atoms with Crippen LogP contribution in [-0.4, -0.2) is 41.8 Å². The minimum Gasteiger partial charge on any atom is -0.388 e. The first kappa shape index (κ1) is 17.5. The van der Waals surface area contributed by atoms with E-state index < -0.39 is 0 Å². The van der Waals surface area contributed by atoms with E-state index in [1.807, 2.05) is 0 Å². The number of aliphatic hydroxyl groups is 1. The Morgan fingerprint density at radius 1 is 1.14 bits per heavy atom. The topological polar surface area (TPSA) is 32.7 Å². The van der Waals surface area contributed by atoms with Crippen molar-refractivity contribution in [3.05, 3.63) is 35.4 Å². The molecule has 124 valence electrons. The van der Waals surface area contributed by atoms with Crippen molar-refractivity contribution >= 4 is 0 Å². The Bertz CT molecular complexity index is 453. The van der Waals surface area contributed by atoms with Crippen LogP contribution in [0.25, 0.3) is 0 Å². The molecule has 0 radical (unpaired) electrons. The highest BCUT2D eigenvalue weighted by Gasteiger charge is 2.22. The first-order valence-electron chi connectivity index (χ1n) is 8.42. The van der Waals surface area contributed by atoms with Crippen molar-refractivity contribution < 1.29 is 9.84 Å². The van der Waals surface area contributed by atoms with Gasteiger partial charge >= 0.3 is 0 Å². The number of nitrogens with zero attached hydrogens (tertiary/aromatic N) is 1. The maximum absolute atomic E-state index is 10.4. The summed E-state index contributed by atoms with van der Waals surface area (Å²) in [6, 6.07) is 8.40. The Morgan fingerprint density at radius 2 is 1.68 bits per heavy atom. The van der Waals surface area contributed by atoms with Crippen LogP contribution in [0.2, 0.25) is 0 Å². The highest BCUT2D eigenvalue weighted by atomic mass is 16.5. The molecular weight excluding hydrogens is 274 g/mol. The SMILES string of the molecule is CC1CN(CCC(O)c2ccc(C(C)(C)C)cc2)CC(C)O1. The van der Waals surface area contributed by atoms with Crippen LogP contribution >= 0.6 is 0 Å². The van der Waals surface area contributed by atoms with Crippen molar-refractivity contribution in [2.24, 2.45) is 0 Å². The van der Waals surface area contributed by atoms with E-state index in [9.17, 15) is 5.11 Å². The monoisotopic (exact) mass is 305 g/mol. The van der Waals surface area contributed by atoms with Gasteiger partial charge in [-0.05, 0) is 36.8 Å². The fourth-order valence-corrected chi connectivity index (χ4v) is 3.14. The van der Waals surface area contributed by atoms with Gasteiger partial charge in [0.15, 0.2) is 0 Å². The second kappa shape index (κ2) is 7.12. The first-order valence-corrected chi connectivity index (χ1v) is 8.42. The summed E-state index contributed by atoms with van der Waals surface area (Å²) in [5.74, 6) is 0. The highest BCUT2D eigenvalue weighted by Crippen LogP contribution is 2.25. The summed E-state index contributed by atoms with van der Waals surface area (Å²) in [6.07, 6.45) is 0.954. The van der Waals surface area contributed by atoms with Crippen LogP contribution in [-0.2, 0) is 10.2 Å². The first-order chi connectivity index (χ1) is 10.3. The van der Waals surface area contributed by atoms with E-state index in [0.29, 0.717) is 0 Å². The second-order valence-corrected chi connectivity index (χ2v) is 7.69. The third kappa shape index (κ3) is 4.80. The van der Waals surface area contributed by atoms with Gasteiger partial charge in [-0.1, -0.05) is 45.0 Å². The van der Waals surface area contributed by atoms with Gasteiger partial charge in [0.2, 0.25) is 0 Å². The fraction of sp³-hybridized carbons (Fsp3) is 0.684. The van der Waals surface area contributed by atoms with Crippen molar-refractivity contribution in [2.45, 2.75) is 64.8 Å². The molecule has 22 heavy (non-hydrogen) atoms. The molecule has 0 aromatic heterocycles. The van der Waals surface area contributed by atoms with Crippen molar-refractivity contribution in [1.82, 2.24) is 4.90 Å². The Labute approximate surface area is 135 Å². The molecule has 1 fully saturated rings. The number of benzene rings is 1. The normalized spacial score (nSPS) is 25.2. The number of aliphatic hydroxyl groups excluding tert-OH is 1. The summed E-state index contributed by atoms with van der Waals surface area (Å²) in [7, 11) is 0. The van der Waals surface area contributed by atoms with E-state index in [1.54, 1.807) is 0 Å². The molecule has 0 amide bonds. The molecule has 3 unspecified atom stereocenters. The van der Waals surface area contributed by atoms with Gasteiger partial charge in [-0.3, -0.25) is 4.90 Å². The summed E-state index contributed by atoms with van der Waals surface area (Å²) in [5, 5.41) is 10.4. The van der Waals surface area contributed by atoms with E-state index in [1.165, 1.54) is 5.56 Å². The van der Waals surface area contributed by atoms with Gasteiger partial charge < -0.3 is 9.84 Å². The lowest BCUT2D eigenvalue weighted by atomic mass is 9.86. The second-order valence-electron chi connectivity index (χ2n) is 7.69. The molecule has 1 aliphatic rings. The predicted octanol–water partition coefficient (Wildman–Crippen LogP) is 3.52. The molecule has 1 aromatic carbocycles. The van der Waals surface area contributed by atoms with Gasteiger partial charge in [-0.2, -0.15) is 0 Å². The zero-order valence-electron chi connectivity index (χ0n) is 14.7. The van der Waals surface area contributed by atoms with Crippen LogP contribution in [0.1, 0.15) is 58.3 Å². The van der Waals surface area contributed by atoms with Gasteiger partial charge in [-0.15, -0.1) is 0 Å². The molecule has 2 rings (SSSR count).